The van der Waals surface area contributed by atoms with Gasteiger partial charge >= 0.3 is 29.6 Å². The van der Waals surface area contributed by atoms with E-state index in [1.807, 2.05) is 0 Å². The van der Waals surface area contributed by atoms with Crippen molar-refractivity contribution < 1.29 is 0 Å². The fraction of sp³-hybridized carbons (Fsp3) is 0. The summed E-state index contributed by atoms with van der Waals surface area (Å²) in [6.07, 6.45) is 0. The Morgan fingerprint density at radius 2 is 1.29 bits per heavy atom. The summed E-state index contributed by atoms with van der Waals surface area (Å²) in [5.74, 6) is 0. The molecule has 0 aromatic rings. The molecule has 0 aromatic carbocycles. The molecule has 0 unspecified atom stereocenters. The van der Waals surface area contributed by atoms with E-state index in [4.69, 9.17) is 10.5 Å². The molecule has 0 amide bonds. The molecule has 0 spiro atoms. The van der Waals surface area contributed by atoms with Crippen molar-refractivity contribution in [1.82, 2.24) is 0 Å². The average Bonchev–Trinajstić information content (AvgIpc) is 1.61. The van der Waals surface area contributed by atoms with Crippen molar-refractivity contribution in [1.29, 1.82) is 10.5 Å². The molecule has 7 heavy (non-hydrogen) atoms. The van der Waals surface area contributed by atoms with Crippen LogP contribution in [-0.4, -0.2) is 29.6 Å². The van der Waals surface area contributed by atoms with Crippen LogP contribution >= 0.6 is 21.6 Å². The van der Waals surface area contributed by atoms with E-state index in [2.05, 4.69) is 0 Å². The SMILES string of the molecule is N#CSSC#N.[NaH]. The van der Waals surface area contributed by atoms with Gasteiger partial charge in [0.2, 0.25) is 0 Å². The molecule has 0 aliphatic carbocycles. The Hall–Kier alpha value is 0.680. The molecule has 0 fully saturated rings. The van der Waals surface area contributed by atoms with E-state index in [1.54, 1.807) is 10.8 Å². The van der Waals surface area contributed by atoms with E-state index in [0.717, 1.165) is 21.6 Å². The topological polar surface area (TPSA) is 47.6 Å². The Labute approximate surface area is 71.9 Å². The molecule has 0 atom stereocenters. The Balaban J connectivity index is 0. The van der Waals surface area contributed by atoms with Crippen molar-refractivity contribution in [2.75, 3.05) is 0 Å². The van der Waals surface area contributed by atoms with Crippen LogP contribution in [0.2, 0.25) is 0 Å². The molecule has 0 N–H and O–H groups in total. The minimum atomic E-state index is 0. The third-order valence-electron chi connectivity index (χ3n) is 0.116. The second kappa shape index (κ2) is 9.84. The fourth-order valence-corrected chi connectivity index (χ4v) is 0.335. The van der Waals surface area contributed by atoms with Crippen molar-refractivity contribution in [3.05, 3.63) is 0 Å². The first-order valence-corrected chi connectivity index (χ1v) is 3.17. The van der Waals surface area contributed by atoms with E-state index in [1.165, 1.54) is 0 Å². The second-order valence-corrected chi connectivity index (χ2v) is 2.05. The number of hydrogen-bond acceptors (Lipinski definition) is 4. The summed E-state index contributed by atoms with van der Waals surface area (Å²) in [5, 5.41) is 18.9. The number of nitriles is 2. The van der Waals surface area contributed by atoms with Crippen LogP contribution in [0.1, 0.15) is 0 Å². The molecule has 0 aliphatic heterocycles. The van der Waals surface area contributed by atoms with Gasteiger partial charge in [0, 0.05) is 21.6 Å². The second-order valence-electron chi connectivity index (χ2n) is 0.349. The maximum atomic E-state index is 7.74. The van der Waals surface area contributed by atoms with Gasteiger partial charge in [-0.3, -0.25) is 0 Å². The first-order chi connectivity index (χ1) is 2.91. The first kappa shape index (κ1) is 10.6. The summed E-state index contributed by atoms with van der Waals surface area (Å²) < 4.78 is 0. The summed E-state index contributed by atoms with van der Waals surface area (Å²) in [7, 11) is 1.74. The van der Waals surface area contributed by atoms with Gasteiger partial charge < -0.3 is 0 Å². The normalized spacial score (nSPS) is 4.86. The van der Waals surface area contributed by atoms with E-state index in [9.17, 15) is 0 Å². The van der Waals surface area contributed by atoms with Crippen LogP contribution < -0.4 is 0 Å². The minimum absolute atomic E-state index is 0. The zero-order valence-electron chi connectivity index (χ0n) is 2.71. The molecule has 0 saturated heterocycles. The van der Waals surface area contributed by atoms with Gasteiger partial charge in [-0.15, -0.1) is 0 Å². The molecular weight excluding hydrogens is 139 g/mol. The summed E-state index contributed by atoms with van der Waals surface area (Å²) >= 11 is 0. The summed E-state index contributed by atoms with van der Waals surface area (Å²) in [4.78, 5) is 0. The van der Waals surface area contributed by atoms with Crippen molar-refractivity contribution in [3.63, 3.8) is 0 Å². The van der Waals surface area contributed by atoms with Crippen LogP contribution in [0.4, 0.5) is 0 Å². The van der Waals surface area contributed by atoms with Gasteiger partial charge in [-0.05, 0) is 0 Å². The number of rotatable bonds is 1. The Kier molecular flexibility index (Phi) is 14.9. The molecular formula is C2HN2NaS2. The van der Waals surface area contributed by atoms with Gasteiger partial charge in [0.1, 0.15) is 10.8 Å². The Morgan fingerprint density at radius 1 is 1.00 bits per heavy atom. The van der Waals surface area contributed by atoms with E-state index >= 15 is 0 Å². The van der Waals surface area contributed by atoms with Crippen molar-refractivity contribution in [2.45, 2.75) is 0 Å². The molecule has 0 rings (SSSR count). The zero-order valence-corrected chi connectivity index (χ0v) is 4.34. The fourth-order valence-electron chi connectivity index (χ4n) is 0.0373. The van der Waals surface area contributed by atoms with Gasteiger partial charge in [0.15, 0.2) is 0 Å². The molecule has 0 heterocycles. The van der Waals surface area contributed by atoms with E-state index < -0.39 is 0 Å². The van der Waals surface area contributed by atoms with Gasteiger partial charge in [-0.25, -0.2) is 0 Å². The monoisotopic (exact) mass is 140 g/mol. The third kappa shape index (κ3) is 10.8. The van der Waals surface area contributed by atoms with Crippen molar-refractivity contribution in [2.24, 2.45) is 0 Å². The zero-order chi connectivity index (χ0) is 4.83. The average molecular weight is 140 g/mol. The summed E-state index contributed by atoms with van der Waals surface area (Å²) in [5.41, 5.74) is 0. The van der Waals surface area contributed by atoms with Crippen LogP contribution in [0.25, 0.3) is 0 Å². The molecule has 0 aromatic heterocycles. The molecule has 2 nitrogen and oxygen atoms in total. The van der Waals surface area contributed by atoms with Crippen LogP contribution in [0.3, 0.4) is 0 Å². The quantitative estimate of drug-likeness (QED) is 0.232. The molecule has 5 heteroatoms. The predicted molar refractivity (Wildman–Crippen MR) is 33.6 cm³/mol. The number of nitrogens with zero attached hydrogens (tertiary/aromatic N) is 2. The van der Waals surface area contributed by atoms with Gasteiger partial charge in [0.05, 0.1) is 0 Å². The number of thiocyanates is 2. The molecule has 0 bridgehead atoms. The van der Waals surface area contributed by atoms with Crippen molar-refractivity contribution in [3.8, 4) is 10.8 Å². The van der Waals surface area contributed by atoms with Crippen LogP contribution in [-0.2, 0) is 0 Å². The van der Waals surface area contributed by atoms with E-state index in [0.29, 0.717) is 0 Å². The summed E-state index contributed by atoms with van der Waals surface area (Å²) in [6, 6.07) is 0. The standard InChI is InChI=1S/C2N2S2.Na.H/c3-1-5-6-2-4;;. The molecule has 0 radical (unpaired) electrons. The van der Waals surface area contributed by atoms with Crippen LogP contribution in [0.15, 0.2) is 0 Å². The summed E-state index contributed by atoms with van der Waals surface area (Å²) in [6.45, 7) is 0. The van der Waals surface area contributed by atoms with Gasteiger partial charge in [-0.2, -0.15) is 10.5 Å². The molecule has 0 saturated carbocycles. The number of hydrogen-bond donors (Lipinski definition) is 0. The van der Waals surface area contributed by atoms with Gasteiger partial charge in [0.25, 0.3) is 0 Å². The van der Waals surface area contributed by atoms with Crippen LogP contribution in [0.5, 0.6) is 0 Å². The van der Waals surface area contributed by atoms with E-state index in [-0.39, 0.29) is 29.6 Å². The Morgan fingerprint density at radius 3 is 1.43 bits per heavy atom. The first-order valence-electron chi connectivity index (χ1n) is 1.02. The maximum absolute atomic E-state index is 7.74. The third-order valence-corrected chi connectivity index (χ3v) is 1.05. The predicted octanol–water partition coefficient (Wildman–Crippen LogP) is 0.681. The van der Waals surface area contributed by atoms with Gasteiger partial charge in [-0.1, -0.05) is 0 Å². The van der Waals surface area contributed by atoms with Crippen molar-refractivity contribution >= 4 is 51.1 Å². The Bertz CT molecular complexity index is 87.2. The van der Waals surface area contributed by atoms with Crippen LogP contribution in [0, 0.1) is 21.3 Å². The molecule has 32 valence electrons. The molecule has 0 aliphatic rings.